The van der Waals surface area contributed by atoms with Crippen molar-refractivity contribution in [2.24, 2.45) is 0 Å². The highest BCUT2D eigenvalue weighted by atomic mass is 79.9. The van der Waals surface area contributed by atoms with Crippen molar-refractivity contribution in [1.29, 1.82) is 0 Å². The van der Waals surface area contributed by atoms with Gasteiger partial charge in [0.1, 0.15) is 0 Å². The maximum atomic E-state index is 12.6. The number of nitrogens with zero attached hydrogens (tertiary/aromatic N) is 1. The lowest BCUT2D eigenvalue weighted by Crippen LogP contribution is -2.26. The summed E-state index contributed by atoms with van der Waals surface area (Å²) in [6.07, 6.45) is 1.70. The molecule has 0 unspecified atom stereocenters. The lowest BCUT2D eigenvalue weighted by Gasteiger charge is -2.07. The Bertz CT molecular complexity index is 1140. The molecule has 0 aliphatic heterocycles. The Hall–Kier alpha value is -2.07. The summed E-state index contributed by atoms with van der Waals surface area (Å²) in [5, 5.41) is 5.04. The van der Waals surface area contributed by atoms with E-state index in [2.05, 4.69) is 31.0 Å². The number of hydrogen-bond acceptors (Lipinski definition) is 5. The van der Waals surface area contributed by atoms with Crippen molar-refractivity contribution < 1.29 is 13.2 Å². The Morgan fingerprint density at radius 1 is 1.14 bits per heavy atom. The van der Waals surface area contributed by atoms with Gasteiger partial charge in [0.15, 0.2) is 5.13 Å². The molecule has 6 nitrogen and oxygen atoms in total. The summed E-state index contributed by atoms with van der Waals surface area (Å²) < 4.78 is 28.3. The molecule has 1 fully saturated rings. The molecule has 0 bridgehead atoms. The molecule has 2 N–H and O–H groups in total. The molecule has 1 saturated carbocycles. The second-order valence-corrected chi connectivity index (χ2v) is 9.91. The number of anilines is 1. The normalized spacial score (nSPS) is 14.0. The minimum absolute atomic E-state index is 0.00856. The van der Waals surface area contributed by atoms with Crippen LogP contribution >= 0.6 is 27.3 Å². The van der Waals surface area contributed by atoms with E-state index in [9.17, 15) is 13.2 Å². The van der Waals surface area contributed by atoms with Crippen molar-refractivity contribution in [1.82, 2.24) is 9.71 Å². The van der Waals surface area contributed by atoms with Gasteiger partial charge in [-0.2, -0.15) is 0 Å². The van der Waals surface area contributed by atoms with Gasteiger partial charge in [-0.25, -0.2) is 18.1 Å². The van der Waals surface area contributed by atoms with E-state index in [0.29, 0.717) is 5.13 Å². The minimum atomic E-state index is -3.61. The average molecular weight is 478 g/mol. The summed E-state index contributed by atoms with van der Waals surface area (Å²) in [4.78, 5) is 17.1. The average Bonchev–Trinajstić information content (AvgIpc) is 3.35. The highest BCUT2D eigenvalue weighted by Gasteiger charge is 2.28. The fourth-order valence-electron chi connectivity index (χ4n) is 2.57. The zero-order chi connectivity index (χ0) is 19.7. The molecule has 0 saturated heterocycles. The summed E-state index contributed by atoms with van der Waals surface area (Å²) in [7, 11) is -3.61. The zero-order valence-corrected chi connectivity index (χ0v) is 17.8. The first-order chi connectivity index (χ1) is 13.4. The van der Waals surface area contributed by atoms with Crippen LogP contribution in [-0.2, 0) is 10.0 Å². The third-order valence-corrected chi connectivity index (χ3v) is 6.92. The van der Waals surface area contributed by atoms with Crippen LogP contribution in [0.15, 0.2) is 63.3 Å². The van der Waals surface area contributed by atoms with E-state index >= 15 is 0 Å². The van der Waals surface area contributed by atoms with Crippen molar-refractivity contribution >= 4 is 48.3 Å². The Morgan fingerprint density at radius 2 is 1.93 bits per heavy atom. The summed E-state index contributed by atoms with van der Waals surface area (Å²) >= 11 is 4.74. The van der Waals surface area contributed by atoms with Crippen LogP contribution in [0.1, 0.15) is 23.2 Å². The van der Waals surface area contributed by atoms with Crippen molar-refractivity contribution in [2.75, 3.05) is 5.32 Å². The number of carbonyl (C=O) groups is 1. The molecule has 2 aromatic carbocycles. The third-order valence-electron chi connectivity index (χ3n) is 4.15. The lowest BCUT2D eigenvalue weighted by atomic mass is 10.2. The van der Waals surface area contributed by atoms with Crippen molar-refractivity contribution in [3.8, 4) is 11.3 Å². The molecule has 1 aliphatic carbocycles. The molecule has 9 heteroatoms. The fraction of sp³-hybridized carbons (Fsp3) is 0.158. The van der Waals surface area contributed by atoms with E-state index < -0.39 is 15.9 Å². The van der Waals surface area contributed by atoms with E-state index in [0.717, 1.165) is 28.6 Å². The molecule has 28 heavy (non-hydrogen) atoms. The fourth-order valence-corrected chi connectivity index (χ4v) is 5.04. The van der Waals surface area contributed by atoms with Crippen molar-refractivity contribution in [3.63, 3.8) is 0 Å². The Balaban J connectivity index is 1.50. The lowest BCUT2D eigenvalue weighted by molar-refractivity contribution is 0.102. The zero-order valence-electron chi connectivity index (χ0n) is 14.6. The molecule has 1 aliphatic rings. The number of aromatic nitrogens is 1. The standard InChI is InChI=1S/C19H16BrN3O3S2/c20-14-5-1-3-12(9-14)17-11-27-19(21-17)22-18(24)13-4-2-6-16(10-13)28(25,26)23-15-7-8-15/h1-6,9-11,15,23H,7-8H2,(H,21,22,24). The summed E-state index contributed by atoms with van der Waals surface area (Å²) in [5.74, 6) is -0.404. The number of amides is 1. The smallest absolute Gasteiger partial charge is 0.257 e. The summed E-state index contributed by atoms with van der Waals surface area (Å²) in [6, 6.07) is 13.7. The molecule has 144 valence electrons. The molecule has 3 aromatic rings. The third kappa shape index (κ3) is 4.49. The van der Waals surface area contributed by atoms with Gasteiger partial charge in [-0.1, -0.05) is 34.1 Å². The highest BCUT2D eigenvalue weighted by Crippen LogP contribution is 2.27. The highest BCUT2D eigenvalue weighted by molar-refractivity contribution is 9.10. The van der Waals surface area contributed by atoms with E-state index in [4.69, 9.17) is 0 Å². The number of sulfonamides is 1. The summed E-state index contributed by atoms with van der Waals surface area (Å²) in [5.41, 5.74) is 1.95. The maximum absolute atomic E-state index is 12.6. The van der Waals surface area contributed by atoms with Crippen molar-refractivity contribution in [3.05, 3.63) is 63.9 Å². The number of nitrogens with one attached hydrogen (secondary N) is 2. The SMILES string of the molecule is O=C(Nc1nc(-c2cccc(Br)c2)cs1)c1cccc(S(=O)(=O)NC2CC2)c1. The number of hydrogen-bond donors (Lipinski definition) is 2. The topological polar surface area (TPSA) is 88.2 Å². The monoisotopic (exact) mass is 477 g/mol. The Morgan fingerprint density at radius 3 is 2.68 bits per heavy atom. The van der Waals surface area contributed by atoms with Crippen LogP contribution in [0, 0.1) is 0 Å². The van der Waals surface area contributed by atoms with Crippen LogP contribution in [0.2, 0.25) is 0 Å². The molecule has 1 amide bonds. The first-order valence-corrected chi connectivity index (χ1v) is 11.7. The second-order valence-electron chi connectivity index (χ2n) is 6.43. The van der Waals surface area contributed by atoms with E-state index in [-0.39, 0.29) is 16.5 Å². The van der Waals surface area contributed by atoms with Gasteiger partial charge in [-0.15, -0.1) is 11.3 Å². The minimum Gasteiger partial charge on any atom is -0.298 e. The first kappa shape index (κ1) is 19.3. The first-order valence-electron chi connectivity index (χ1n) is 8.56. The van der Waals surface area contributed by atoms with Crippen LogP contribution in [0.5, 0.6) is 0 Å². The van der Waals surface area contributed by atoms with E-state index in [1.807, 2.05) is 29.6 Å². The number of carbonyl (C=O) groups excluding carboxylic acids is 1. The predicted molar refractivity (Wildman–Crippen MR) is 113 cm³/mol. The quantitative estimate of drug-likeness (QED) is 0.554. The van der Waals surface area contributed by atoms with Crippen LogP contribution < -0.4 is 10.0 Å². The van der Waals surface area contributed by atoms with Gasteiger partial charge in [-0.3, -0.25) is 10.1 Å². The van der Waals surface area contributed by atoms with Gasteiger partial charge >= 0.3 is 0 Å². The van der Waals surface area contributed by atoms with E-state index in [1.54, 1.807) is 12.1 Å². The van der Waals surface area contributed by atoms with Crippen molar-refractivity contribution in [2.45, 2.75) is 23.8 Å². The maximum Gasteiger partial charge on any atom is 0.257 e. The van der Waals surface area contributed by atoms with Crippen LogP contribution in [0.4, 0.5) is 5.13 Å². The van der Waals surface area contributed by atoms with Crippen LogP contribution in [0.25, 0.3) is 11.3 Å². The molecular weight excluding hydrogens is 462 g/mol. The largest absolute Gasteiger partial charge is 0.298 e. The predicted octanol–water partition coefficient (Wildman–Crippen LogP) is 4.27. The van der Waals surface area contributed by atoms with Gasteiger partial charge in [0.2, 0.25) is 10.0 Å². The molecule has 1 heterocycles. The summed E-state index contributed by atoms with van der Waals surface area (Å²) in [6.45, 7) is 0. The van der Waals surface area contributed by atoms with Gasteiger partial charge in [-0.05, 0) is 43.2 Å². The number of halogens is 1. The van der Waals surface area contributed by atoms with Gasteiger partial charge in [0, 0.05) is 27.0 Å². The number of rotatable bonds is 6. The van der Waals surface area contributed by atoms with Crippen LogP contribution in [0.3, 0.4) is 0 Å². The Kier molecular flexibility index (Phi) is 5.33. The van der Waals surface area contributed by atoms with Crippen LogP contribution in [-0.4, -0.2) is 25.4 Å². The van der Waals surface area contributed by atoms with Gasteiger partial charge in [0.05, 0.1) is 10.6 Å². The molecule has 1 aromatic heterocycles. The molecule has 4 rings (SSSR count). The molecule has 0 spiro atoms. The van der Waals surface area contributed by atoms with Gasteiger partial charge < -0.3 is 0 Å². The molecular formula is C19H16BrN3O3S2. The van der Waals surface area contributed by atoms with Gasteiger partial charge in [0.25, 0.3) is 5.91 Å². The van der Waals surface area contributed by atoms with E-state index in [1.165, 1.54) is 23.5 Å². The molecule has 0 radical (unpaired) electrons. The number of thiazole rings is 1. The number of benzene rings is 2. The second kappa shape index (κ2) is 7.75. The Labute approximate surface area is 175 Å². The molecule has 0 atom stereocenters.